The number of hydrogen-bond acceptors (Lipinski definition) is 4. The van der Waals surface area contributed by atoms with E-state index >= 15 is 0 Å². The van der Waals surface area contributed by atoms with Gasteiger partial charge in [0, 0.05) is 6.54 Å². The molecule has 0 saturated heterocycles. The minimum absolute atomic E-state index is 0.238. The molecule has 0 bridgehead atoms. The number of carbonyl (C=O) groups is 2. The van der Waals surface area contributed by atoms with E-state index in [9.17, 15) is 9.59 Å². The summed E-state index contributed by atoms with van der Waals surface area (Å²) in [7, 11) is 0. The third kappa shape index (κ3) is 4.97. The molecule has 98 valence electrons. The van der Waals surface area contributed by atoms with Crippen LogP contribution < -0.4 is 5.32 Å². The first kappa shape index (κ1) is 14.2. The van der Waals surface area contributed by atoms with E-state index in [4.69, 9.17) is 9.84 Å². The van der Waals surface area contributed by atoms with E-state index in [0.717, 1.165) is 5.56 Å². The van der Waals surface area contributed by atoms with Gasteiger partial charge < -0.3 is 9.84 Å². The average Bonchev–Trinajstić information content (AvgIpc) is 2.35. The number of ether oxygens (including phenoxy) is 1. The zero-order chi connectivity index (χ0) is 13.4. The molecule has 0 spiro atoms. The van der Waals surface area contributed by atoms with Crippen LogP contribution in [-0.4, -0.2) is 29.7 Å². The molecule has 0 aliphatic rings. The number of carbonyl (C=O) groups excluding carboxylic acids is 1. The summed E-state index contributed by atoms with van der Waals surface area (Å²) in [6.45, 7) is 2.35. The van der Waals surface area contributed by atoms with Gasteiger partial charge in [-0.3, -0.25) is 14.9 Å². The van der Waals surface area contributed by atoms with Crippen molar-refractivity contribution in [3.05, 3.63) is 35.9 Å². The van der Waals surface area contributed by atoms with E-state index in [0.29, 0.717) is 6.54 Å². The van der Waals surface area contributed by atoms with Gasteiger partial charge in [-0.15, -0.1) is 0 Å². The molecule has 0 aliphatic heterocycles. The zero-order valence-corrected chi connectivity index (χ0v) is 10.3. The molecule has 0 heterocycles. The lowest BCUT2D eigenvalue weighted by atomic mass is 10.1. The number of nitrogens with one attached hydrogen (secondary N) is 1. The molecule has 2 N–H and O–H groups in total. The van der Waals surface area contributed by atoms with Crippen LogP contribution in [0.15, 0.2) is 30.3 Å². The maximum absolute atomic E-state index is 11.6. The van der Waals surface area contributed by atoms with E-state index < -0.39 is 18.0 Å². The molecular formula is C13H17NO4. The van der Waals surface area contributed by atoms with Crippen molar-refractivity contribution in [2.24, 2.45) is 0 Å². The number of hydrogen-bond donors (Lipinski definition) is 2. The highest BCUT2D eigenvalue weighted by atomic mass is 16.5. The zero-order valence-electron chi connectivity index (χ0n) is 10.3. The number of esters is 1. The Kier molecular flexibility index (Phi) is 5.87. The molecule has 0 aromatic heterocycles. The fourth-order valence-electron chi connectivity index (χ4n) is 1.49. The third-order valence-electron chi connectivity index (χ3n) is 2.35. The molecule has 0 amide bonds. The van der Waals surface area contributed by atoms with Crippen LogP contribution in [0.3, 0.4) is 0 Å². The SMILES string of the molecule is CCOC(=O)C(CC(=O)O)NCc1ccccc1. The van der Waals surface area contributed by atoms with Gasteiger partial charge >= 0.3 is 11.9 Å². The summed E-state index contributed by atoms with van der Waals surface area (Å²) < 4.78 is 4.83. The number of carboxylic acid groups (broad SMARTS) is 1. The second-order valence-corrected chi connectivity index (χ2v) is 3.77. The molecule has 18 heavy (non-hydrogen) atoms. The van der Waals surface area contributed by atoms with Crippen molar-refractivity contribution in [2.75, 3.05) is 6.61 Å². The molecule has 0 saturated carbocycles. The molecule has 1 aromatic rings. The summed E-state index contributed by atoms with van der Waals surface area (Å²) in [6.07, 6.45) is -0.286. The molecule has 1 unspecified atom stereocenters. The lowest BCUT2D eigenvalue weighted by Gasteiger charge is -2.15. The van der Waals surface area contributed by atoms with Gasteiger partial charge in [0.25, 0.3) is 0 Å². The second-order valence-electron chi connectivity index (χ2n) is 3.77. The van der Waals surface area contributed by atoms with Crippen LogP contribution in [-0.2, 0) is 20.9 Å². The predicted octanol–water partition coefficient (Wildman–Crippen LogP) is 1.18. The Labute approximate surface area is 106 Å². The van der Waals surface area contributed by atoms with Gasteiger partial charge in [0.15, 0.2) is 0 Å². The number of carboxylic acids is 1. The van der Waals surface area contributed by atoms with Gasteiger partial charge in [-0.2, -0.15) is 0 Å². The van der Waals surface area contributed by atoms with Gasteiger partial charge in [-0.1, -0.05) is 30.3 Å². The first-order chi connectivity index (χ1) is 8.63. The predicted molar refractivity (Wildman–Crippen MR) is 66.0 cm³/mol. The topological polar surface area (TPSA) is 75.6 Å². The highest BCUT2D eigenvalue weighted by Crippen LogP contribution is 2.02. The van der Waals surface area contributed by atoms with Crippen LogP contribution in [0.4, 0.5) is 0 Å². The van der Waals surface area contributed by atoms with Gasteiger partial charge in [0.05, 0.1) is 13.0 Å². The molecule has 0 radical (unpaired) electrons. The van der Waals surface area contributed by atoms with Gasteiger partial charge in [0.1, 0.15) is 6.04 Å². The van der Waals surface area contributed by atoms with Crippen LogP contribution in [0.1, 0.15) is 18.9 Å². The summed E-state index contributed by atoms with van der Waals surface area (Å²) >= 11 is 0. The maximum Gasteiger partial charge on any atom is 0.323 e. The van der Waals surface area contributed by atoms with E-state index in [2.05, 4.69) is 5.32 Å². The Hall–Kier alpha value is -1.88. The fourth-order valence-corrected chi connectivity index (χ4v) is 1.49. The molecule has 1 atom stereocenters. The summed E-state index contributed by atoms with van der Waals surface area (Å²) in [5.41, 5.74) is 0.984. The lowest BCUT2D eigenvalue weighted by molar-refractivity contribution is -0.150. The van der Waals surface area contributed by atoms with Crippen LogP contribution in [0.25, 0.3) is 0 Å². The average molecular weight is 251 g/mol. The minimum Gasteiger partial charge on any atom is -0.481 e. The Morgan fingerprint density at radius 3 is 2.56 bits per heavy atom. The van der Waals surface area contributed by atoms with Crippen LogP contribution in [0.2, 0.25) is 0 Å². The monoisotopic (exact) mass is 251 g/mol. The maximum atomic E-state index is 11.6. The Morgan fingerprint density at radius 1 is 1.33 bits per heavy atom. The van der Waals surface area contributed by atoms with Crippen molar-refractivity contribution in [3.63, 3.8) is 0 Å². The van der Waals surface area contributed by atoms with Crippen LogP contribution >= 0.6 is 0 Å². The number of rotatable bonds is 7. The Bertz CT molecular complexity index is 391. The quantitative estimate of drug-likeness (QED) is 0.712. The van der Waals surface area contributed by atoms with E-state index in [1.807, 2.05) is 30.3 Å². The summed E-state index contributed by atoms with van der Waals surface area (Å²) in [6, 6.07) is 8.64. The first-order valence-electron chi connectivity index (χ1n) is 5.79. The van der Waals surface area contributed by atoms with Crippen molar-refractivity contribution in [2.45, 2.75) is 25.9 Å². The summed E-state index contributed by atoms with van der Waals surface area (Å²) in [5, 5.41) is 11.6. The van der Waals surface area contributed by atoms with E-state index in [1.54, 1.807) is 6.92 Å². The van der Waals surface area contributed by atoms with E-state index in [-0.39, 0.29) is 13.0 Å². The first-order valence-corrected chi connectivity index (χ1v) is 5.79. The van der Waals surface area contributed by atoms with Crippen molar-refractivity contribution < 1.29 is 19.4 Å². The van der Waals surface area contributed by atoms with Crippen molar-refractivity contribution >= 4 is 11.9 Å². The van der Waals surface area contributed by atoms with Crippen LogP contribution in [0, 0.1) is 0 Å². The highest BCUT2D eigenvalue weighted by molar-refractivity contribution is 5.81. The molecule has 1 aromatic carbocycles. The largest absolute Gasteiger partial charge is 0.481 e. The second kappa shape index (κ2) is 7.45. The minimum atomic E-state index is -1.03. The molecule has 0 fully saturated rings. The van der Waals surface area contributed by atoms with Crippen molar-refractivity contribution in [1.29, 1.82) is 0 Å². The molecule has 1 rings (SSSR count). The standard InChI is InChI=1S/C13H17NO4/c1-2-18-13(17)11(8-12(15)16)14-9-10-6-4-3-5-7-10/h3-7,11,14H,2,8-9H2,1H3,(H,15,16). The lowest BCUT2D eigenvalue weighted by Crippen LogP contribution is -2.39. The summed E-state index contributed by atoms with van der Waals surface area (Å²) in [4.78, 5) is 22.2. The van der Waals surface area contributed by atoms with Gasteiger partial charge in [-0.25, -0.2) is 0 Å². The smallest absolute Gasteiger partial charge is 0.323 e. The molecule has 0 aliphatic carbocycles. The highest BCUT2D eigenvalue weighted by Gasteiger charge is 2.22. The number of aliphatic carboxylic acids is 1. The van der Waals surface area contributed by atoms with Gasteiger partial charge in [-0.05, 0) is 12.5 Å². The third-order valence-corrected chi connectivity index (χ3v) is 2.35. The fraction of sp³-hybridized carbons (Fsp3) is 0.385. The van der Waals surface area contributed by atoms with Crippen molar-refractivity contribution in [1.82, 2.24) is 5.32 Å². The van der Waals surface area contributed by atoms with Gasteiger partial charge in [0.2, 0.25) is 0 Å². The van der Waals surface area contributed by atoms with Crippen molar-refractivity contribution in [3.8, 4) is 0 Å². The molecule has 5 nitrogen and oxygen atoms in total. The number of benzene rings is 1. The molecular weight excluding hydrogens is 234 g/mol. The Morgan fingerprint density at radius 2 is 2.00 bits per heavy atom. The molecule has 5 heteroatoms. The summed E-state index contributed by atoms with van der Waals surface area (Å²) in [5.74, 6) is -1.57. The normalized spacial score (nSPS) is 11.8. The Balaban J connectivity index is 2.55. The van der Waals surface area contributed by atoms with E-state index in [1.165, 1.54) is 0 Å². The van der Waals surface area contributed by atoms with Crippen LogP contribution in [0.5, 0.6) is 0 Å².